The first-order valence-corrected chi connectivity index (χ1v) is 10.9. The van der Waals surface area contributed by atoms with Gasteiger partial charge in [-0.25, -0.2) is 9.97 Å². The predicted octanol–water partition coefficient (Wildman–Crippen LogP) is 4.42. The molecule has 172 valence electrons. The molecule has 3 aromatic heterocycles. The minimum absolute atomic E-state index is 0.241. The first-order valence-electron chi connectivity index (χ1n) is 10.9. The third kappa shape index (κ3) is 5.72. The van der Waals surface area contributed by atoms with E-state index in [2.05, 4.69) is 30.9 Å². The second-order valence-electron chi connectivity index (χ2n) is 8.88. The number of fused-ring (bicyclic) bond motifs is 1. The lowest BCUT2D eigenvalue weighted by Gasteiger charge is -2.20. The maximum atomic E-state index is 13.0. The molecule has 0 saturated carbocycles. The second kappa shape index (κ2) is 9.66. The minimum atomic E-state index is -0.358. The van der Waals surface area contributed by atoms with Crippen molar-refractivity contribution in [1.82, 2.24) is 20.3 Å². The van der Waals surface area contributed by atoms with Gasteiger partial charge in [0.25, 0.3) is 11.8 Å². The smallest absolute Gasteiger partial charge is 0.270 e. The lowest BCUT2D eigenvalue weighted by atomic mass is 10.1. The number of carbonyl (C=O) groups is 2. The molecule has 4 aromatic rings. The number of nitrogens with one attached hydrogen (secondary N) is 3. The normalized spacial score (nSPS) is 11.1. The van der Waals surface area contributed by atoms with Crippen LogP contribution in [0.15, 0.2) is 73.2 Å². The lowest BCUT2D eigenvalue weighted by molar-refractivity contribution is 0.0913. The van der Waals surface area contributed by atoms with E-state index in [1.807, 2.05) is 57.2 Å². The summed E-state index contributed by atoms with van der Waals surface area (Å²) < 4.78 is 0. The Hall–Kier alpha value is -4.33. The summed E-state index contributed by atoms with van der Waals surface area (Å²) in [5.41, 5.74) is 1.19. The highest BCUT2D eigenvalue weighted by molar-refractivity contribution is 6.07. The topological polar surface area (TPSA) is 109 Å². The van der Waals surface area contributed by atoms with Crippen LogP contribution in [-0.2, 0) is 6.54 Å². The van der Waals surface area contributed by atoms with Crippen LogP contribution in [0, 0.1) is 0 Å². The van der Waals surface area contributed by atoms with Gasteiger partial charge in [0.1, 0.15) is 17.3 Å². The molecule has 0 atom stereocenters. The third-order valence-electron chi connectivity index (χ3n) is 4.93. The van der Waals surface area contributed by atoms with Gasteiger partial charge < -0.3 is 16.0 Å². The van der Waals surface area contributed by atoms with E-state index >= 15 is 0 Å². The quantitative estimate of drug-likeness (QED) is 0.398. The first-order chi connectivity index (χ1) is 16.3. The average molecular weight is 455 g/mol. The zero-order chi connectivity index (χ0) is 24.1. The van der Waals surface area contributed by atoms with E-state index in [1.165, 1.54) is 0 Å². The van der Waals surface area contributed by atoms with Crippen LogP contribution in [0.4, 0.5) is 11.6 Å². The van der Waals surface area contributed by atoms with Gasteiger partial charge in [0.15, 0.2) is 0 Å². The molecule has 1 aromatic carbocycles. The number of hydrogen-bond acceptors (Lipinski definition) is 6. The molecule has 0 aliphatic heterocycles. The molecule has 0 aliphatic carbocycles. The molecule has 0 fully saturated rings. The number of benzene rings is 1. The molecule has 0 saturated heterocycles. The van der Waals surface area contributed by atoms with Crippen LogP contribution < -0.4 is 16.0 Å². The third-order valence-corrected chi connectivity index (χ3v) is 4.93. The van der Waals surface area contributed by atoms with E-state index in [4.69, 9.17) is 0 Å². The second-order valence-corrected chi connectivity index (χ2v) is 8.88. The Bertz CT molecular complexity index is 1350. The van der Waals surface area contributed by atoms with Crippen LogP contribution in [0.1, 0.15) is 47.2 Å². The van der Waals surface area contributed by atoms with Crippen molar-refractivity contribution in [2.45, 2.75) is 32.9 Å². The molecule has 3 heterocycles. The Morgan fingerprint density at radius 2 is 1.65 bits per heavy atom. The molecule has 4 rings (SSSR count). The van der Waals surface area contributed by atoms with Gasteiger partial charge in [0.05, 0.1) is 5.56 Å². The number of aromatic nitrogens is 3. The summed E-state index contributed by atoms with van der Waals surface area (Å²) in [7, 11) is 0. The summed E-state index contributed by atoms with van der Waals surface area (Å²) >= 11 is 0. The molecule has 0 unspecified atom stereocenters. The molecule has 2 amide bonds. The maximum absolute atomic E-state index is 13.0. The van der Waals surface area contributed by atoms with Crippen LogP contribution in [0.2, 0.25) is 0 Å². The van der Waals surface area contributed by atoms with Gasteiger partial charge in [-0.3, -0.25) is 14.6 Å². The van der Waals surface area contributed by atoms with Crippen molar-refractivity contribution in [2.24, 2.45) is 0 Å². The molecule has 34 heavy (non-hydrogen) atoms. The van der Waals surface area contributed by atoms with Crippen LogP contribution in [0.25, 0.3) is 10.8 Å². The van der Waals surface area contributed by atoms with Crippen molar-refractivity contribution in [3.8, 4) is 0 Å². The van der Waals surface area contributed by atoms with Crippen LogP contribution in [-0.4, -0.2) is 32.3 Å². The number of amides is 2. The first kappa shape index (κ1) is 22.8. The highest BCUT2D eigenvalue weighted by atomic mass is 16.2. The monoisotopic (exact) mass is 454 g/mol. The van der Waals surface area contributed by atoms with Gasteiger partial charge in [-0.05, 0) is 62.1 Å². The molecule has 8 heteroatoms. The summed E-state index contributed by atoms with van der Waals surface area (Å²) in [6.07, 6.45) is 4.93. The highest BCUT2D eigenvalue weighted by Crippen LogP contribution is 2.19. The Morgan fingerprint density at radius 3 is 2.44 bits per heavy atom. The van der Waals surface area contributed by atoms with Crippen molar-refractivity contribution in [3.63, 3.8) is 0 Å². The fourth-order valence-electron chi connectivity index (χ4n) is 3.36. The molecule has 8 nitrogen and oxygen atoms in total. The van der Waals surface area contributed by atoms with Crippen molar-refractivity contribution in [2.75, 3.05) is 10.6 Å². The van der Waals surface area contributed by atoms with E-state index in [1.54, 1.807) is 36.8 Å². The summed E-state index contributed by atoms with van der Waals surface area (Å²) in [6.45, 7) is 6.11. The Morgan fingerprint density at radius 1 is 0.853 bits per heavy atom. The standard InChI is InChI=1S/C26H26N6O2/c1-26(2,3)32-25(34)21-13-17(10-12-27-21)15-30-23-20(9-6-11-28-23)24(33)31-22-14-18-7-4-5-8-19(18)16-29-22/h4-14,16H,15H2,1-3H3,(H,28,30)(H,32,34)(H,29,31,33). The average Bonchev–Trinajstić information content (AvgIpc) is 2.82. The van der Waals surface area contributed by atoms with Crippen molar-refractivity contribution < 1.29 is 9.59 Å². The van der Waals surface area contributed by atoms with Gasteiger partial charge in [0, 0.05) is 36.1 Å². The van der Waals surface area contributed by atoms with Crippen LogP contribution >= 0.6 is 0 Å². The van der Waals surface area contributed by atoms with E-state index in [-0.39, 0.29) is 17.4 Å². The van der Waals surface area contributed by atoms with Crippen molar-refractivity contribution in [3.05, 3.63) is 90.0 Å². The zero-order valence-corrected chi connectivity index (χ0v) is 19.3. The minimum Gasteiger partial charge on any atom is -0.365 e. The number of carbonyl (C=O) groups excluding carboxylic acids is 2. The van der Waals surface area contributed by atoms with E-state index in [0.29, 0.717) is 29.4 Å². The molecular formula is C26H26N6O2. The van der Waals surface area contributed by atoms with Gasteiger partial charge in [-0.2, -0.15) is 0 Å². The molecule has 0 spiro atoms. The summed E-state index contributed by atoms with van der Waals surface area (Å²) in [6, 6.07) is 16.6. The fraction of sp³-hybridized carbons (Fsp3) is 0.192. The maximum Gasteiger partial charge on any atom is 0.270 e. The van der Waals surface area contributed by atoms with Gasteiger partial charge in [0.2, 0.25) is 0 Å². The number of anilines is 2. The Balaban J connectivity index is 1.47. The molecule has 3 N–H and O–H groups in total. The summed E-state index contributed by atoms with van der Waals surface area (Å²) in [5, 5.41) is 10.9. The van der Waals surface area contributed by atoms with Gasteiger partial charge in [-0.1, -0.05) is 24.3 Å². The zero-order valence-electron chi connectivity index (χ0n) is 19.3. The fourth-order valence-corrected chi connectivity index (χ4v) is 3.36. The molecule has 0 radical (unpaired) electrons. The summed E-state index contributed by atoms with van der Waals surface area (Å²) in [5.74, 6) is 0.328. The number of hydrogen-bond donors (Lipinski definition) is 3. The SMILES string of the molecule is CC(C)(C)NC(=O)c1cc(CNc2ncccc2C(=O)Nc2cc3ccccc3cn2)ccn1. The van der Waals surface area contributed by atoms with Crippen molar-refractivity contribution in [1.29, 1.82) is 0 Å². The van der Waals surface area contributed by atoms with Crippen molar-refractivity contribution >= 4 is 34.2 Å². The molecular weight excluding hydrogens is 428 g/mol. The lowest BCUT2D eigenvalue weighted by Crippen LogP contribution is -2.40. The van der Waals surface area contributed by atoms with Gasteiger partial charge >= 0.3 is 0 Å². The molecule has 0 bridgehead atoms. The highest BCUT2D eigenvalue weighted by Gasteiger charge is 2.17. The van der Waals surface area contributed by atoms with Crippen LogP contribution in [0.5, 0.6) is 0 Å². The van der Waals surface area contributed by atoms with Crippen LogP contribution in [0.3, 0.4) is 0 Å². The Kier molecular flexibility index (Phi) is 6.49. The Labute approximate surface area is 197 Å². The number of rotatable bonds is 6. The number of nitrogens with zero attached hydrogens (tertiary/aromatic N) is 3. The van der Waals surface area contributed by atoms with E-state index < -0.39 is 0 Å². The van der Waals surface area contributed by atoms with E-state index in [9.17, 15) is 9.59 Å². The van der Waals surface area contributed by atoms with Gasteiger partial charge in [-0.15, -0.1) is 0 Å². The largest absolute Gasteiger partial charge is 0.365 e. The predicted molar refractivity (Wildman–Crippen MR) is 133 cm³/mol. The summed E-state index contributed by atoms with van der Waals surface area (Å²) in [4.78, 5) is 38.2. The number of pyridine rings is 3. The molecule has 0 aliphatic rings. The van der Waals surface area contributed by atoms with E-state index in [0.717, 1.165) is 16.3 Å².